The van der Waals surface area contributed by atoms with Crippen molar-refractivity contribution in [2.45, 2.75) is 17.9 Å². The average molecular weight is 430 g/mol. The second-order valence-electron chi connectivity index (χ2n) is 3.91. The lowest BCUT2D eigenvalue weighted by molar-refractivity contribution is -0.380. The third kappa shape index (κ3) is 3.93. The van der Waals surface area contributed by atoms with E-state index >= 15 is 0 Å². The highest BCUT2D eigenvalue weighted by atomic mass is 32.2. The van der Waals surface area contributed by atoms with Crippen LogP contribution in [0.2, 0.25) is 0 Å². The fourth-order valence-electron chi connectivity index (χ4n) is 1.42. The summed E-state index contributed by atoms with van der Waals surface area (Å²) in [4.78, 5) is 28.2. The van der Waals surface area contributed by atoms with E-state index in [-0.39, 0.29) is 15.6 Å². The lowest BCUT2D eigenvalue weighted by Crippen LogP contribution is -1.80. The number of hydrogen-bond acceptors (Lipinski definition) is 13. The largest absolute Gasteiger partial charge is 0.344 e. The van der Waals surface area contributed by atoms with Crippen molar-refractivity contribution in [2.24, 2.45) is 0 Å². The van der Waals surface area contributed by atoms with Crippen molar-refractivity contribution in [2.75, 3.05) is 0 Å². The maximum Gasteiger partial charge on any atom is 0.344 e. The van der Waals surface area contributed by atoms with Gasteiger partial charge in [0, 0.05) is 0 Å². The summed E-state index contributed by atoms with van der Waals surface area (Å²) in [5.74, 6) is 0. The van der Waals surface area contributed by atoms with Crippen LogP contribution < -0.4 is 0 Å². The Morgan fingerprint density at radius 3 is 2.08 bits per heavy atom. The van der Waals surface area contributed by atoms with Gasteiger partial charge in [0.1, 0.15) is 33.3 Å². The zero-order chi connectivity index (χ0) is 18.0. The molecule has 0 unspecified atom stereocenters. The van der Waals surface area contributed by atoms with Crippen molar-refractivity contribution in [3.05, 3.63) is 38.2 Å². The quantitative estimate of drug-likeness (QED) is 0.414. The minimum Gasteiger partial charge on any atom is -0.257 e. The first kappa shape index (κ1) is 17.7. The van der Waals surface area contributed by atoms with Crippen LogP contribution in [0, 0.1) is 31.6 Å². The Hall–Kier alpha value is -2.12. The maximum atomic E-state index is 10.7. The molecule has 0 fully saturated rings. The highest BCUT2D eigenvalue weighted by Crippen LogP contribution is 2.43. The summed E-state index contributed by atoms with van der Waals surface area (Å²) in [6.45, 7) is 0. The van der Waals surface area contributed by atoms with Crippen molar-refractivity contribution in [3.8, 4) is 6.07 Å². The summed E-state index contributed by atoms with van der Waals surface area (Å²) in [6, 6.07) is 2.04. The molecule has 0 aliphatic rings. The Bertz CT molecular complexity index is 932. The van der Waals surface area contributed by atoms with Crippen LogP contribution in [0.1, 0.15) is 5.56 Å². The van der Waals surface area contributed by atoms with E-state index in [2.05, 4.69) is 14.3 Å². The number of rotatable bonds is 6. The van der Waals surface area contributed by atoms with Gasteiger partial charge in [-0.15, -0.1) is 0 Å². The van der Waals surface area contributed by atoms with Gasteiger partial charge in [-0.05, 0) is 57.7 Å². The Kier molecular flexibility index (Phi) is 5.24. The van der Waals surface area contributed by atoms with E-state index in [0.717, 1.165) is 70.1 Å². The zero-order valence-corrected chi connectivity index (χ0v) is 15.6. The van der Waals surface area contributed by atoms with Gasteiger partial charge in [0.05, 0.1) is 9.85 Å². The molecule has 0 aliphatic heterocycles. The van der Waals surface area contributed by atoms with Crippen LogP contribution in [0.25, 0.3) is 0 Å². The molecule has 3 aromatic rings. The number of nitro groups is 2. The molecule has 0 saturated carbocycles. The first-order valence-electron chi connectivity index (χ1n) is 5.94. The van der Waals surface area contributed by atoms with Gasteiger partial charge >= 0.3 is 10.0 Å². The molecule has 0 atom stereocenters. The SMILES string of the molecule is N#Cc1c(Sc2ncc([N+](=O)[O-])s2)nsc1Sc1ncc([N+](=O)[O-])s1. The van der Waals surface area contributed by atoms with E-state index < -0.39 is 9.85 Å². The Labute approximate surface area is 159 Å². The number of thiazole rings is 2. The van der Waals surface area contributed by atoms with E-state index in [0.29, 0.717) is 17.9 Å². The van der Waals surface area contributed by atoms with Gasteiger partial charge < -0.3 is 0 Å². The summed E-state index contributed by atoms with van der Waals surface area (Å²) in [5, 5.41) is 31.0. The van der Waals surface area contributed by atoms with E-state index in [1.54, 1.807) is 0 Å². The van der Waals surface area contributed by atoms with Crippen LogP contribution in [-0.4, -0.2) is 24.2 Å². The fraction of sp³-hybridized carbons (Fsp3) is 0. The molecule has 10 nitrogen and oxygen atoms in total. The number of aromatic nitrogens is 3. The van der Waals surface area contributed by atoms with Crippen LogP contribution in [0.3, 0.4) is 0 Å². The normalized spacial score (nSPS) is 10.5. The summed E-state index contributed by atoms with van der Waals surface area (Å²) >= 11 is 5.03. The van der Waals surface area contributed by atoms with Gasteiger partial charge in [-0.1, -0.05) is 0 Å². The monoisotopic (exact) mass is 430 g/mol. The Morgan fingerprint density at radius 1 is 1.04 bits per heavy atom. The fourth-order valence-corrected chi connectivity index (χ4v) is 6.25. The van der Waals surface area contributed by atoms with E-state index in [1.807, 2.05) is 6.07 Å². The van der Waals surface area contributed by atoms with Crippen LogP contribution in [-0.2, 0) is 0 Å². The Balaban J connectivity index is 1.81. The van der Waals surface area contributed by atoms with Crippen molar-refractivity contribution in [3.63, 3.8) is 0 Å². The van der Waals surface area contributed by atoms with E-state index in [4.69, 9.17) is 0 Å². The number of nitriles is 1. The maximum absolute atomic E-state index is 10.7. The first-order chi connectivity index (χ1) is 12.0. The molecule has 15 heteroatoms. The minimum absolute atomic E-state index is 0.0878. The smallest absolute Gasteiger partial charge is 0.257 e. The molecule has 0 aromatic carbocycles. The van der Waals surface area contributed by atoms with Crippen molar-refractivity contribution >= 4 is 67.7 Å². The molecule has 126 valence electrons. The molecule has 0 N–H and O–H groups in total. The predicted octanol–water partition coefficient (Wildman–Crippen LogP) is 4.05. The lowest BCUT2D eigenvalue weighted by Gasteiger charge is -1.94. The molecule has 3 heterocycles. The molecule has 0 amide bonds. The van der Waals surface area contributed by atoms with Gasteiger partial charge in [-0.2, -0.15) is 9.64 Å². The van der Waals surface area contributed by atoms with E-state index in [9.17, 15) is 25.5 Å². The van der Waals surface area contributed by atoms with Crippen molar-refractivity contribution in [1.82, 2.24) is 14.3 Å². The molecule has 0 aliphatic carbocycles. The summed E-state index contributed by atoms with van der Waals surface area (Å²) in [6.07, 6.45) is 2.31. The van der Waals surface area contributed by atoms with Crippen LogP contribution in [0.15, 0.2) is 30.3 Å². The molecule has 3 rings (SSSR count). The summed E-state index contributed by atoms with van der Waals surface area (Å²) in [7, 11) is 0. The van der Waals surface area contributed by atoms with E-state index in [1.165, 1.54) is 0 Å². The lowest BCUT2D eigenvalue weighted by atomic mass is 10.4. The van der Waals surface area contributed by atoms with Gasteiger partial charge in [0.15, 0.2) is 8.68 Å². The standard InChI is InChI=1S/C10H2N6O4S5/c11-1-4-7(23-9-12-2-5(21-9)15(17)18)14-25-8(4)24-10-13-3-6(22-10)16(19)20/h2-3H. The molecular formula is C10H2N6O4S5. The molecule has 0 radical (unpaired) electrons. The average Bonchev–Trinajstić information content (AvgIpc) is 3.28. The molecule has 3 aromatic heterocycles. The molecule has 25 heavy (non-hydrogen) atoms. The highest BCUT2D eigenvalue weighted by molar-refractivity contribution is 8.03. The number of hydrogen-bond donors (Lipinski definition) is 0. The number of nitrogens with zero attached hydrogens (tertiary/aromatic N) is 6. The van der Waals surface area contributed by atoms with Gasteiger partial charge in [0.2, 0.25) is 0 Å². The first-order valence-corrected chi connectivity index (χ1v) is 9.97. The van der Waals surface area contributed by atoms with Gasteiger partial charge in [-0.3, -0.25) is 20.2 Å². The van der Waals surface area contributed by atoms with Crippen molar-refractivity contribution < 1.29 is 9.85 Å². The van der Waals surface area contributed by atoms with Crippen LogP contribution in [0.4, 0.5) is 10.0 Å². The van der Waals surface area contributed by atoms with Crippen LogP contribution in [0.5, 0.6) is 0 Å². The molecular weight excluding hydrogens is 428 g/mol. The zero-order valence-electron chi connectivity index (χ0n) is 11.5. The predicted molar refractivity (Wildman–Crippen MR) is 92.6 cm³/mol. The molecule has 0 spiro atoms. The molecule has 0 saturated heterocycles. The second kappa shape index (κ2) is 7.41. The molecule has 0 bridgehead atoms. The summed E-state index contributed by atoms with van der Waals surface area (Å²) in [5.41, 5.74) is 0.288. The third-order valence-corrected chi connectivity index (χ3v) is 7.57. The van der Waals surface area contributed by atoms with Crippen molar-refractivity contribution in [1.29, 1.82) is 5.26 Å². The Morgan fingerprint density at radius 2 is 1.60 bits per heavy atom. The topological polar surface area (TPSA) is 149 Å². The van der Waals surface area contributed by atoms with Gasteiger partial charge in [0.25, 0.3) is 0 Å². The second-order valence-corrected chi connectivity index (χ2v) is 9.45. The third-order valence-electron chi connectivity index (χ3n) is 2.41. The summed E-state index contributed by atoms with van der Waals surface area (Å²) < 4.78 is 5.54. The minimum atomic E-state index is -0.537. The highest BCUT2D eigenvalue weighted by Gasteiger charge is 2.21. The van der Waals surface area contributed by atoms with Crippen LogP contribution >= 0.6 is 57.7 Å². The van der Waals surface area contributed by atoms with Gasteiger partial charge in [-0.25, -0.2) is 9.97 Å².